The molecule has 1 rings (SSSR count). The van der Waals surface area contributed by atoms with Crippen molar-refractivity contribution in [1.29, 1.82) is 0 Å². The van der Waals surface area contributed by atoms with Crippen LogP contribution >= 0.6 is 0 Å². The van der Waals surface area contributed by atoms with Crippen molar-refractivity contribution in [2.75, 3.05) is 13.1 Å². The van der Waals surface area contributed by atoms with Crippen molar-refractivity contribution < 1.29 is 23.9 Å². The molecule has 0 saturated heterocycles. The highest BCUT2D eigenvalue weighted by Gasteiger charge is 2.36. The molecular weight excluding hydrogens is 484 g/mol. The minimum Gasteiger partial charge on any atom is -0.444 e. The van der Waals surface area contributed by atoms with Crippen LogP contribution in [0.25, 0.3) is 0 Å². The number of nitrogens with two attached hydrogens (primary N) is 1. The summed E-state index contributed by atoms with van der Waals surface area (Å²) in [6, 6.07) is 5.26. The van der Waals surface area contributed by atoms with Gasteiger partial charge in [-0.1, -0.05) is 75.8 Å². The Kier molecular flexibility index (Phi) is 14.5. The molecule has 0 spiro atoms. The number of unbranched alkanes of at least 4 members (excludes halogenated alkanes) is 5. The summed E-state index contributed by atoms with van der Waals surface area (Å²) in [4.78, 5) is 53.5. The molecule has 1 aromatic rings. The Balaban J connectivity index is 3.41. The summed E-state index contributed by atoms with van der Waals surface area (Å²) in [5.41, 5.74) is 6.33. The van der Waals surface area contributed by atoms with Gasteiger partial charge in [-0.05, 0) is 46.1 Å². The minimum atomic E-state index is -1.27. The van der Waals surface area contributed by atoms with Crippen molar-refractivity contribution in [2.45, 2.75) is 111 Å². The van der Waals surface area contributed by atoms with E-state index >= 15 is 0 Å². The van der Waals surface area contributed by atoms with E-state index in [1.54, 1.807) is 20.8 Å². The smallest absolute Gasteiger partial charge is 0.408 e. The van der Waals surface area contributed by atoms with E-state index in [0.29, 0.717) is 18.5 Å². The molecule has 0 aliphatic heterocycles. The van der Waals surface area contributed by atoms with Crippen molar-refractivity contribution in [1.82, 2.24) is 15.5 Å². The van der Waals surface area contributed by atoms with Crippen LogP contribution in [0.4, 0.5) is 4.79 Å². The lowest BCUT2D eigenvalue weighted by molar-refractivity contribution is -0.143. The Morgan fingerprint density at radius 3 is 2.11 bits per heavy atom. The first-order chi connectivity index (χ1) is 17.9. The number of hydrogen-bond donors (Lipinski definition) is 3. The topological polar surface area (TPSA) is 131 Å². The van der Waals surface area contributed by atoms with Crippen LogP contribution in [0.1, 0.15) is 103 Å². The van der Waals surface area contributed by atoms with E-state index in [-0.39, 0.29) is 12.5 Å². The van der Waals surface area contributed by atoms with Crippen molar-refractivity contribution in [3.05, 3.63) is 35.4 Å². The van der Waals surface area contributed by atoms with Crippen LogP contribution < -0.4 is 16.4 Å². The number of primary amides is 1. The molecule has 9 nitrogen and oxygen atoms in total. The Bertz CT molecular complexity index is 895. The Morgan fingerprint density at radius 1 is 0.947 bits per heavy atom. The molecule has 2 atom stereocenters. The van der Waals surface area contributed by atoms with Crippen LogP contribution in [0.2, 0.25) is 0 Å². The Hall–Kier alpha value is -3.10. The van der Waals surface area contributed by atoms with Gasteiger partial charge in [0.1, 0.15) is 17.7 Å². The maximum absolute atomic E-state index is 14.0. The third kappa shape index (κ3) is 12.4. The fraction of sp³-hybridized carbons (Fsp3) is 0.655. The van der Waals surface area contributed by atoms with E-state index in [4.69, 9.17) is 10.5 Å². The Labute approximate surface area is 228 Å². The number of carbonyl (C=O) groups excluding carboxylic acids is 4. The number of ether oxygens (including phenoxy) is 1. The van der Waals surface area contributed by atoms with Gasteiger partial charge in [0.2, 0.25) is 17.7 Å². The molecule has 0 saturated carbocycles. The van der Waals surface area contributed by atoms with Crippen LogP contribution in [0, 0.1) is 6.92 Å². The van der Waals surface area contributed by atoms with Crippen LogP contribution in [0.15, 0.2) is 24.3 Å². The highest BCUT2D eigenvalue weighted by Crippen LogP contribution is 2.25. The van der Waals surface area contributed by atoms with Gasteiger partial charge in [-0.25, -0.2) is 4.79 Å². The van der Waals surface area contributed by atoms with Crippen LogP contribution in [0.5, 0.6) is 0 Å². The monoisotopic (exact) mass is 532 g/mol. The molecule has 0 aliphatic rings. The quantitative estimate of drug-likeness (QED) is 0.269. The highest BCUT2D eigenvalue weighted by molar-refractivity contribution is 5.94. The number of rotatable bonds is 16. The number of hydrogen-bond acceptors (Lipinski definition) is 5. The molecule has 4 amide bonds. The van der Waals surface area contributed by atoms with Gasteiger partial charge in [-0.3, -0.25) is 14.4 Å². The zero-order chi connectivity index (χ0) is 28.7. The second kappa shape index (κ2) is 16.7. The third-order valence-electron chi connectivity index (χ3n) is 5.96. The largest absolute Gasteiger partial charge is 0.444 e. The number of amides is 4. The summed E-state index contributed by atoms with van der Waals surface area (Å²) in [6.45, 7) is 12.0. The summed E-state index contributed by atoms with van der Waals surface area (Å²) in [5.74, 6) is -1.61. The second-order valence-electron chi connectivity index (χ2n) is 10.8. The predicted molar refractivity (Wildman–Crippen MR) is 149 cm³/mol. The molecular formula is C29H48N4O5. The number of alkyl carbamates (subject to hydrolysis) is 1. The highest BCUT2D eigenvalue weighted by atomic mass is 16.6. The average molecular weight is 533 g/mol. The number of nitrogens with one attached hydrogen (secondary N) is 2. The lowest BCUT2D eigenvalue weighted by Crippen LogP contribution is -2.54. The van der Waals surface area contributed by atoms with Crippen LogP contribution in [-0.4, -0.2) is 53.4 Å². The summed E-state index contributed by atoms with van der Waals surface area (Å²) in [7, 11) is 0. The maximum Gasteiger partial charge on any atom is 0.408 e. The molecule has 2 unspecified atom stereocenters. The molecule has 0 aliphatic carbocycles. The van der Waals surface area contributed by atoms with E-state index in [1.807, 2.05) is 31.2 Å². The molecule has 9 heteroatoms. The number of carbonyl (C=O) groups is 4. The van der Waals surface area contributed by atoms with Gasteiger partial charge in [0.15, 0.2) is 0 Å². The van der Waals surface area contributed by atoms with Crippen LogP contribution in [-0.2, 0) is 19.1 Å². The normalized spacial score (nSPS) is 12.8. The van der Waals surface area contributed by atoms with E-state index in [9.17, 15) is 19.2 Å². The lowest BCUT2D eigenvalue weighted by Gasteiger charge is -2.34. The zero-order valence-corrected chi connectivity index (χ0v) is 24.1. The molecule has 1 aromatic carbocycles. The van der Waals surface area contributed by atoms with Crippen molar-refractivity contribution in [3.63, 3.8) is 0 Å². The predicted octanol–water partition coefficient (Wildman–Crippen LogP) is 4.52. The summed E-state index contributed by atoms with van der Waals surface area (Å²) in [5, 5.41) is 5.50. The van der Waals surface area contributed by atoms with E-state index < -0.39 is 42.0 Å². The molecule has 0 bridgehead atoms. The number of benzene rings is 1. The van der Waals surface area contributed by atoms with Gasteiger partial charge >= 0.3 is 6.09 Å². The van der Waals surface area contributed by atoms with E-state index in [2.05, 4.69) is 24.5 Å². The summed E-state index contributed by atoms with van der Waals surface area (Å²) < 4.78 is 5.32. The van der Waals surface area contributed by atoms with Gasteiger partial charge in [0.25, 0.3) is 0 Å². The first-order valence-electron chi connectivity index (χ1n) is 13.8. The number of aryl methyl sites for hydroxylation is 1. The molecule has 0 fully saturated rings. The van der Waals surface area contributed by atoms with Gasteiger partial charge < -0.3 is 26.0 Å². The van der Waals surface area contributed by atoms with Crippen molar-refractivity contribution in [2.24, 2.45) is 5.73 Å². The molecule has 38 heavy (non-hydrogen) atoms. The lowest BCUT2D eigenvalue weighted by atomic mass is 10.00. The van der Waals surface area contributed by atoms with Gasteiger partial charge in [-0.2, -0.15) is 0 Å². The van der Waals surface area contributed by atoms with Gasteiger partial charge in [0, 0.05) is 13.1 Å². The molecule has 0 aromatic heterocycles. The van der Waals surface area contributed by atoms with E-state index in [0.717, 1.165) is 44.1 Å². The maximum atomic E-state index is 14.0. The number of nitrogens with zero attached hydrogens (tertiary/aromatic N) is 1. The van der Waals surface area contributed by atoms with Crippen molar-refractivity contribution >= 4 is 23.8 Å². The zero-order valence-electron chi connectivity index (χ0n) is 24.1. The first-order valence-corrected chi connectivity index (χ1v) is 13.8. The van der Waals surface area contributed by atoms with Gasteiger partial charge in [0.05, 0.1) is 6.42 Å². The Morgan fingerprint density at radius 2 is 1.55 bits per heavy atom. The second-order valence-corrected chi connectivity index (χ2v) is 10.8. The molecule has 0 heterocycles. The van der Waals surface area contributed by atoms with Crippen molar-refractivity contribution in [3.8, 4) is 0 Å². The molecule has 214 valence electrons. The first kappa shape index (κ1) is 32.9. The fourth-order valence-electron chi connectivity index (χ4n) is 4.03. The molecule has 4 N–H and O–H groups in total. The van der Waals surface area contributed by atoms with E-state index in [1.165, 1.54) is 4.90 Å². The summed E-state index contributed by atoms with van der Waals surface area (Å²) >= 11 is 0. The molecule has 0 radical (unpaired) electrons. The summed E-state index contributed by atoms with van der Waals surface area (Å²) in [6.07, 6.45) is 5.12. The minimum absolute atomic E-state index is 0.283. The average Bonchev–Trinajstić information content (AvgIpc) is 2.82. The standard InChI is InChI=1S/C29H48N4O5/c1-7-9-11-13-19-33(27(36)23(20-24(30)34)32-28(37)38-29(4,5)6)25(22-16-14-21(3)15-17-22)26(35)31-18-12-10-8-2/h14-17,23,25H,7-13,18-20H2,1-6H3,(H2,30,34)(H,31,35)(H,32,37). The SMILES string of the molecule is CCCCCCN(C(=O)C(CC(N)=O)NC(=O)OC(C)(C)C)C(C(=O)NCCCCC)c1ccc(C)cc1. The van der Waals surface area contributed by atoms with Crippen LogP contribution in [0.3, 0.4) is 0 Å². The van der Waals surface area contributed by atoms with Gasteiger partial charge in [-0.15, -0.1) is 0 Å². The third-order valence-corrected chi connectivity index (χ3v) is 5.96. The fourth-order valence-corrected chi connectivity index (χ4v) is 4.03.